The number of pyridine rings is 1. The number of aromatic nitrogens is 2. The highest BCUT2D eigenvalue weighted by molar-refractivity contribution is 6.04. The van der Waals surface area contributed by atoms with Gasteiger partial charge in [-0.3, -0.25) is 15.0 Å². The van der Waals surface area contributed by atoms with Gasteiger partial charge in [0.2, 0.25) is 0 Å². The molecule has 0 aliphatic heterocycles. The molecule has 0 saturated carbocycles. The third kappa shape index (κ3) is 2.47. The molecule has 4 rings (SSSR count). The largest absolute Gasteiger partial charge is 0.340 e. The molecule has 4 aromatic rings. The van der Waals surface area contributed by atoms with Crippen molar-refractivity contribution in [1.82, 2.24) is 4.57 Å². The Hall–Kier alpha value is -3.92. The Morgan fingerprint density at radius 3 is 2.39 bits per heavy atom. The summed E-state index contributed by atoms with van der Waals surface area (Å²) in [4.78, 5) is 12.5. The Labute approximate surface area is 161 Å². The van der Waals surface area contributed by atoms with Gasteiger partial charge in [0.05, 0.1) is 30.1 Å². The molecule has 7 nitrogen and oxygen atoms in total. The Morgan fingerprint density at radius 1 is 1.11 bits per heavy atom. The highest BCUT2D eigenvalue weighted by Crippen LogP contribution is 2.30. The van der Waals surface area contributed by atoms with E-state index in [0.29, 0.717) is 5.56 Å². The summed E-state index contributed by atoms with van der Waals surface area (Å²) in [7, 11) is 5.74. The highest BCUT2D eigenvalue weighted by Gasteiger charge is 2.27. The molecule has 2 aromatic heterocycles. The second kappa shape index (κ2) is 6.35. The lowest BCUT2D eigenvalue weighted by Gasteiger charge is -2.14. The number of para-hydroxylation sites is 1. The molecule has 138 valence electrons. The van der Waals surface area contributed by atoms with E-state index >= 15 is 0 Å². The van der Waals surface area contributed by atoms with Gasteiger partial charge in [0.15, 0.2) is 5.52 Å². The maximum atomic E-state index is 11.1. The van der Waals surface area contributed by atoms with Crippen molar-refractivity contribution in [2.75, 3.05) is 19.0 Å². The number of benzene rings is 2. The van der Waals surface area contributed by atoms with Crippen LogP contribution in [0.15, 0.2) is 54.6 Å². The summed E-state index contributed by atoms with van der Waals surface area (Å²) in [6.45, 7) is 0. The SMILES string of the molecule is CN(C)c1c(C#N)cc2c(c3ccccc3n2C)[n+]1-c1ccc([N+](=O)[O-])cc1. The van der Waals surface area contributed by atoms with Crippen LogP contribution in [0.2, 0.25) is 0 Å². The first kappa shape index (κ1) is 17.5. The lowest BCUT2D eigenvalue weighted by molar-refractivity contribution is -0.552. The number of rotatable bonds is 3. The zero-order chi connectivity index (χ0) is 20.0. The number of anilines is 1. The molecule has 28 heavy (non-hydrogen) atoms. The molecular weight excluding hydrogens is 354 g/mol. The van der Waals surface area contributed by atoms with E-state index in [1.807, 2.05) is 60.9 Å². The summed E-state index contributed by atoms with van der Waals surface area (Å²) in [5.74, 6) is 0.722. The number of hydrogen-bond acceptors (Lipinski definition) is 4. The van der Waals surface area contributed by atoms with Crippen molar-refractivity contribution < 1.29 is 9.49 Å². The number of nitro benzene ring substituents is 1. The molecule has 0 saturated heterocycles. The molecular formula is C21H18N5O2+. The van der Waals surface area contributed by atoms with Gasteiger partial charge in [0.25, 0.3) is 11.5 Å². The minimum atomic E-state index is -0.416. The summed E-state index contributed by atoms with van der Waals surface area (Å²) in [6, 6.07) is 18.6. The van der Waals surface area contributed by atoms with E-state index in [2.05, 4.69) is 10.6 Å². The number of nitro groups is 1. The monoisotopic (exact) mass is 372 g/mol. The molecule has 2 heterocycles. The summed E-state index contributed by atoms with van der Waals surface area (Å²) in [5, 5.41) is 21.9. The zero-order valence-electron chi connectivity index (χ0n) is 15.7. The lowest BCUT2D eigenvalue weighted by Crippen LogP contribution is -2.39. The average Bonchev–Trinajstić information content (AvgIpc) is 2.99. The van der Waals surface area contributed by atoms with Crippen LogP contribution in [0.4, 0.5) is 11.5 Å². The molecule has 0 aliphatic carbocycles. The van der Waals surface area contributed by atoms with E-state index in [9.17, 15) is 15.4 Å². The first-order chi connectivity index (χ1) is 13.4. The Morgan fingerprint density at radius 2 is 1.79 bits per heavy atom. The Bertz CT molecular complexity index is 1280. The van der Waals surface area contributed by atoms with Crippen LogP contribution >= 0.6 is 0 Å². The third-order valence-electron chi connectivity index (χ3n) is 4.94. The van der Waals surface area contributed by atoms with Gasteiger partial charge in [0.1, 0.15) is 17.3 Å². The molecule has 7 heteroatoms. The topological polar surface area (TPSA) is 79.0 Å². The predicted octanol–water partition coefficient (Wildman–Crippen LogP) is 3.45. The first-order valence-corrected chi connectivity index (χ1v) is 8.72. The van der Waals surface area contributed by atoms with Gasteiger partial charge >= 0.3 is 0 Å². The van der Waals surface area contributed by atoms with E-state index < -0.39 is 4.92 Å². The van der Waals surface area contributed by atoms with Gasteiger partial charge in [0, 0.05) is 24.6 Å². The van der Waals surface area contributed by atoms with Gasteiger partial charge in [-0.05, 0) is 30.3 Å². The number of non-ortho nitro benzene ring substituents is 1. The number of hydrogen-bond donors (Lipinski definition) is 0. The maximum absolute atomic E-state index is 11.1. The van der Waals surface area contributed by atoms with Crippen LogP contribution in [0, 0.1) is 21.4 Å². The summed E-state index contributed by atoms with van der Waals surface area (Å²) >= 11 is 0. The predicted molar refractivity (Wildman–Crippen MR) is 108 cm³/mol. The fourth-order valence-electron chi connectivity index (χ4n) is 3.72. The number of fused-ring (bicyclic) bond motifs is 3. The standard InChI is InChI=1S/C21H18N5O2/c1-23(2)21-14(13-22)12-19-20(17-6-4-5-7-18(17)24(19)3)25(21)15-8-10-16(11-9-15)26(27)28/h4-12H,1-3H3/q+1. The highest BCUT2D eigenvalue weighted by atomic mass is 16.6. The summed E-state index contributed by atoms with van der Waals surface area (Å²) in [5.41, 5.74) is 4.24. The fourth-order valence-corrected chi connectivity index (χ4v) is 3.72. The van der Waals surface area contributed by atoms with Crippen LogP contribution in [0.25, 0.3) is 27.6 Å². The molecule has 0 unspecified atom stereocenters. The molecule has 0 N–H and O–H groups in total. The molecule has 0 radical (unpaired) electrons. The normalized spacial score (nSPS) is 10.9. The van der Waals surface area contributed by atoms with Crippen molar-refractivity contribution >= 4 is 33.4 Å². The van der Waals surface area contributed by atoms with Gasteiger partial charge in [-0.25, -0.2) is 0 Å². The Kier molecular flexibility index (Phi) is 3.97. The second-order valence-corrected chi connectivity index (χ2v) is 6.81. The molecule has 0 amide bonds. The molecule has 0 atom stereocenters. The Balaban J connectivity index is 2.21. The molecule has 0 fully saturated rings. The van der Waals surface area contributed by atoms with Crippen LogP contribution in [-0.4, -0.2) is 23.6 Å². The smallest absolute Gasteiger partial charge is 0.300 e. The van der Waals surface area contributed by atoms with Crippen molar-refractivity contribution in [2.45, 2.75) is 0 Å². The molecule has 0 aliphatic rings. The van der Waals surface area contributed by atoms with Crippen molar-refractivity contribution in [3.63, 3.8) is 0 Å². The average molecular weight is 372 g/mol. The summed E-state index contributed by atoms with van der Waals surface area (Å²) in [6.07, 6.45) is 0. The van der Waals surface area contributed by atoms with Gasteiger partial charge < -0.3 is 4.57 Å². The number of nitriles is 1. The van der Waals surface area contributed by atoms with E-state index in [1.54, 1.807) is 12.1 Å². The maximum Gasteiger partial charge on any atom is 0.300 e. The number of aryl methyl sites for hydroxylation is 1. The van der Waals surface area contributed by atoms with E-state index in [4.69, 9.17) is 0 Å². The van der Waals surface area contributed by atoms with Crippen molar-refractivity contribution in [1.29, 1.82) is 5.26 Å². The van der Waals surface area contributed by atoms with E-state index in [-0.39, 0.29) is 5.69 Å². The fraction of sp³-hybridized carbons (Fsp3) is 0.143. The third-order valence-corrected chi connectivity index (χ3v) is 4.94. The second-order valence-electron chi connectivity index (χ2n) is 6.81. The summed E-state index contributed by atoms with van der Waals surface area (Å²) < 4.78 is 4.06. The first-order valence-electron chi connectivity index (χ1n) is 8.72. The van der Waals surface area contributed by atoms with Crippen LogP contribution < -0.4 is 9.47 Å². The van der Waals surface area contributed by atoms with E-state index in [0.717, 1.165) is 33.4 Å². The number of nitrogens with zero attached hydrogens (tertiary/aromatic N) is 5. The molecule has 2 aromatic carbocycles. The van der Waals surface area contributed by atoms with Gasteiger partial charge in [-0.15, -0.1) is 0 Å². The van der Waals surface area contributed by atoms with Gasteiger partial charge in [-0.1, -0.05) is 12.1 Å². The van der Waals surface area contributed by atoms with Crippen molar-refractivity contribution in [3.8, 4) is 11.8 Å². The van der Waals surface area contributed by atoms with Crippen LogP contribution in [0.5, 0.6) is 0 Å². The van der Waals surface area contributed by atoms with Crippen LogP contribution in [0.1, 0.15) is 5.56 Å². The minimum Gasteiger partial charge on any atom is -0.340 e. The van der Waals surface area contributed by atoms with E-state index in [1.165, 1.54) is 12.1 Å². The zero-order valence-corrected chi connectivity index (χ0v) is 15.7. The minimum absolute atomic E-state index is 0.0290. The van der Waals surface area contributed by atoms with Crippen molar-refractivity contribution in [2.24, 2.45) is 7.05 Å². The lowest BCUT2D eigenvalue weighted by atomic mass is 10.1. The molecule has 0 bridgehead atoms. The van der Waals surface area contributed by atoms with Crippen molar-refractivity contribution in [3.05, 3.63) is 70.3 Å². The quantitative estimate of drug-likeness (QED) is 0.313. The van der Waals surface area contributed by atoms with Crippen LogP contribution in [-0.2, 0) is 7.05 Å². The molecule has 0 spiro atoms. The van der Waals surface area contributed by atoms with Crippen LogP contribution in [0.3, 0.4) is 0 Å². The van der Waals surface area contributed by atoms with Gasteiger partial charge in [-0.2, -0.15) is 9.83 Å².